The molecule has 0 aliphatic heterocycles. The van der Waals surface area contributed by atoms with E-state index in [-0.39, 0.29) is 11.3 Å². The molecule has 0 aliphatic carbocycles. The van der Waals surface area contributed by atoms with Crippen LogP contribution in [0.25, 0.3) is 0 Å². The Balaban J connectivity index is 1.77. The number of ether oxygens (including phenoxy) is 2. The zero-order valence-corrected chi connectivity index (χ0v) is 16.0. The first-order chi connectivity index (χ1) is 13.7. The van der Waals surface area contributed by atoms with Crippen LogP contribution in [0.5, 0.6) is 5.75 Å². The normalized spacial score (nSPS) is 10.4. The molecule has 0 aliphatic rings. The Labute approximate surface area is 169 Å². The van der Waals surface area contributed by atoms with Crippen molar-refractivity contribution in [1.82, 2.24) is 5.32 Å². The predicted octanol–water partition coefficient (Wildman–Crippen LogP) is 3.16. The monoisotopic (exact) mass is 426 g/mol. The Morgan fingerprint density at radius 2 is 1.90 bits per heavy atom. The number of aryl methyl sites for hydroxylation is 1. The smallest absolute Gasteiger partial charge is 0.387 e. The zero-order chi connectivity index (χ0) is 21.4. The van der Waals surface area contributed by atoms with E-state index in [1.54, 1.807) is 18.2 Å². The van der Waals surface area contributed by atoms with Gasteiger partial charge in [-0.3, -0.25) is 14.4 Å². The van der Waals surface area contributed by atoms with Crippen molar-refractivity contribution in [1.29, 1.82) is 0 Å². The summed E-state index contributed by atoms with van der Waals surface area (Å²) in [5.74, 6) is -2.35. The summed E-state index contributed by atoms with van der Waals surface area (Å²) in [4.78, 5) is 35.5. The van der Waals surface area contributed by atoms with Gasteiger partial charge in [-0.1, -0.05) is 23.7 Å². The fourth-order valence-corrected chi connectivity index (χ4v) is 2.46. The van der Waals surface area contributed by atoms with E-state index in [2.05, 4.69) is 15.4 Å². The second-order valence-electron chi connectivity index (χ2n) is 5.78. The van der Waals surface area contributed by atoms with Crippen LogP contribution in [0, 0.1) is 6.92 Å². The molecule has 2 rings (SSSR count). The summed E-state index contributed by atoms with van der Waals surface area (Å²) >= 11 is 6.00. The van der Waals surface area contributed by atoms with E-state index >= 15 is 0 Å². The highest BCUT2D eigenvalue weighted by atomic mass is 35.5. The SMILES string of the molecule is Cc1ccc(NC(=O)COC(=O)CNC(=O)c2cccc(OC(F)F)c2)c(Cl)c1. The highest BCUT2D eigenvalue weighted by Gasteiger charge is 2.13. The molecule has 0 atom stereocenters. The summed E-state index contributed by atoms with van der Waals surface area (Å²) in [6, 6.07) is 10.1. The van der Waals surface area contributed by atoms with Crippen LogP contribution in [0.4, 0.5) is 14.5 Å². The van der Waals surface area contributed by atoms with Crippen LogP contribution in [-0.2, 0) is 14.3 Å². The molecule has 154 valence electrons. The van der Waals surface area contributed by atoms with Crippen molar-refractivity contribution in [3.05, 3.63) is 58.6 Å². The lowest BCUT2D eigenvalue weighted by atomic mass is 10.2. The van der Waals surface area contributed by atoms with Crippen LogP contribution in [0.2, 0.25) is 5.02 Å². The molecular weight excluding hydrogens is 410 g/mol. The average Bonchev–Trinajstić information content (AvgIpc) is 2.66. The van der Waals surface area contributed by atoms with Gasteiger partial charge >= 0.3 is 12.6 Å². The van der Waals surface area contributed by atoms with Crippen molar-refractivity contribution in [3.8, 4) is 5.75 Å². The van der Waals surface area contributed by atoms with E-state index in [0.29, 0.717) is 10.7 Å². The first-order valence-corrected chi connectivity index (χ1v) is 8.67. The van der Waals surface area contributed by atoms with Crippen LogP contribution in [-0.4, -0.2) is 37.5 Å². The molecule has 10 heteroatoms. The van der Waals surface area contributed by atoms with Gasteiger partial charge in [-0.25, -0.2) is 0 Å². The third-order valence-electron chi connectivity index (χ3n) is 3.48. The van der Waals surface area contributed by atoms with Crippen LogP contribution in [0.1, 0.15) is 15.9 Å². The van der Waals surface area contributed by atoms with E-state index in [1.165, 1.54) is 18.2 Å². The second-order valence-corrected chi connectivity index (χ2v) is 6.19. The second kappa shape index (κ2) is 10.4. The van der Waals surface area contributed by atoms with Crippen molar-refractivity contribution in [2.75, 3.05) is 18.5 Å². The number of hydrogen-bond acceptors (Lipinski definition) is 5. The van der Waals surface area contributed by atoms with E-state index in [1.807, 2.05) is 6.92 Å². The molecule has 0 radical (unpaired) electrons. The molecule has 29 heavy (non-hydrogen) atoms. The topological polar surface area (TPSA) is 93.7 Å². The molecule has 0 saturated heterocycles. The summed E-state index contributed by atoms with van der Waals surface area (Å²) in [5.41, 5.74) is 1.31. The van der Waals surface area contributed by atoms with Crippen LogP contribution >= 0.6 is 11.6 Å². The zero-order valence-electron chi connectivity index (χ0n) is 15.2. The quantitative estimate of drug-likeness (QED) is 0.632. The van der Waals surface area contributed by atoms with Crippen LogP contribution < -0.4 is 15.4 Å². The van der Waals surface area contributed by atoms with Gasteiger partial charge in [0.25, 0.3) is 11.8 Å². The standard InChI is InChI=1S/C19H17ClF2N2O5/c1-11-5-6-15(14(20)7-11)24-16(25)10-28-17(26)9-23-18(27)12-3-2-4-13(8-12)29-19(21)22/h2-8,19H,9-10H2,1H3,(H,23,27)(H,24,25). The average molecular weight is 427 g/mol. The number of esters is 1. The molecule has 0 fully saturated rings. The van der Waals surface area contributed by atoms with Crippen LogP contribution in [0.15, 0.2) is 42.5 Å². The molecule has 7 nitrogen and oxygen atoms in total. The Bertz CT molecular complexity index is 908. The third-order valence-corrected chi connectivity index (χ3v) is 3.79. The number of carbonyl (C=O) groups excluding carboxylic acids is 3. The molecule has 0 aromatic heterocycles. The van der Waals surface area contributed by atoms with Gasteiger partial charge in [-0.15, -0.1) is 0 Å². The van der Waals surface area contributed by atoms with E-state index in [4.69, 9.17) is 16.3 Å². The van der Waals surface area contributed by atoms with Crippen molar-refractivity contribution in [2.24, 2.45) is 0 Å². The van der Waals surface area contributed by atoms with Gasteiger partial charge in [0.05, 0.1) is 10.7 Å². The first kappa shape index (κ1) is 22.1. The maximum absolute atomic E-state index is 12.2. The van der Waals surface area contributed by atoms with Gasteiger partial charge in [0, 0.05) is 5.56 Å². The number of amides is 2. The van der Waals surface area contributed by atoms with Crippen LogP contribution in [0.3, 0.4) is 0 Å². The van der Waals surface area contributed by atoms with Crippen molar-refractivity contribution >= 4 is 35.1 Å². The minimum Gasteiger partial charge on any atom is -0.454 e. The summed E-state index contributed by atoms with van der Waals surface area (Å²) < 4.78 is 33.4. The number of nitrogens with one attached hydrogen (secondary N) is 2. The maximum Gasteiger partial charge on any atom is 0.387 e. The summed E-state index contributed by atoms with van der Waals surface area (Å²) in [5, 5.41) is 5.10. The highest BCUT2D eigenvalue weighted by Crippen LogP contribution is 2.22. The van der Waals surface area contributed by atoms with Gasteiger partial charge in [0.1, 0.15) is 12.3 Å². The van der Waals surface area contributed by atoms with E-state index in [0.717, 1.165) is 11.6 Å². The third kappa shape index (κ3) is 7.38. The van der Waals surface area contributed by atoms with Gasteiger partial charge < -0.3 is 20.1 Å². The molecule has 2 amide bonds. The predicted molar refractivity (Wildman–Crippen MR) is 101 cm³/mol. The largest absolute Gasteiger partial charge is 0.454 e. The minimum absolute atomic E-state index is 0.0164. The molecule has 0 saturated carbocycles. The lowest BCUT2D eigenvalue weighted by molar-refractivity contribution is -0.146. The number of anilines is 1. The van der Waals surface area contributed by atoms with E-state index in [9.17, 15) is 23.2 Å². The number of hydrogen-bond donors (Lipinski definition) is 2. The summed E-state index contributed by atoms with van der Waals surface area (Å²) in [7, 11) is 0. The highest BCUT2D eigenvalue weighted by molar-refractivity contribution is 6.33. The summed E-state index contributed by atoms with van der Waals surface area (Å²) in [6.07, 6.45) is 0. The molecule has 0 spiro atoms. The lowest BCUT2D eigenvalue weighted by Crippen LogP contribution is -2.32. The number of alkyl halides is 2. The molecule has 0 heterocycles. The minimum atomic E-state index is -3.02. The number of rotatable bonds is 8. The molecule has 2 aromatic carbocycles. The first-order valence-electron chi connectivity index (χ1n) is 8.29. The molecule has 2 N–H and O–H groups in total. The molecule has 0 unspecified atom stereocenters. The molecular formula is C19H17ClF2N2O5. The summed E-state index contributed by atoms with van der Waals surface area (Å²) in [6.45, 7) is -2.27. The van der Waals surface area contributed by atoms with Crippen molar-refractivity contribution in [3.63, 3.8) is 0 Å². The number of benzene rings is 2. The van der Waals surface area contributed by atoms with E-state index < -0.39 is 37.5 Å². The lowest BCUT2D eigenvalue weighted by Gasteiger charge is -2.09. The van der Waals surface area contributed by atoms with Gasteiger partial charge in [-0.2, -0.15) is 8.78 Å². The maximum atomic E-state index is 12.2. The molecule has 2 aromatic rings. The number of carbonyl (C=O) groups is 3. The van der Waals surface area contributed by atoms with Gasteiger partial charge in [0.2, 0.25) is 0 Å². The fourth-order valence-electron chi connectivity index (χ4n) is 2.17. The fraction of sp³-hybridized carbons (Fsp3) is 0.211. The Hall–Kier alpha value is -3.20. The van der Waals surface area contributed by atoms with Crippen molar-refractivity contribution < 1.29 is 32.6 Å². The van der Waals surface area contributed by atoms with Gasteiger partial charge in [-0.05, 0) is 42.8 Å². The van der Waals surface area contributed by atoms with Crippen molar-refractivity contribution in [2.45, 2.75) is 13.5 Å². The Kier molecular flexibility index (Phi) is 7.90. The Morgan fingerprint density at radius 3 is 2.59 bits per heavy atom. The molecule has 0 bridgehead atoms. The number of halogens is 3. The Morgan fingerprint density at radius 1 is 1.14 bits per heavy atom. The van der Waals surface area contributed by atoms with Gasteiger partial charge in [0.15, 0.2) is 6.61 Å².